The van der Waals surface area contributed by atoms with E-state index in [1.165, 1.54) is 25.7 Å². The topological polar surface area (TPSA) is 74.2 Å². The molecule has 0 radical (unpaired) electrons. The summed E-state index contributed by atoms with van der Waals surface area (Å²) in [6.07, 6.45) is 5.54. The number of hydrogen-bond donors (Lipinski definition) is 1. The van der Waals surface area contributed by atoms with Gasteiger partial charge in [0.05, 0.1) is 0 Å². The maximum Gasteiger partial charge on any atom is 0.228 e. The minimum Gasteiger partial charge on any atom is -0.373 e. The summed E-state index contributed by atoms with van der Waals surface area (Å²) in [6, 6.07) is 0.126. The molecule has 1 heterocycles. The molecule has 5 nitrogen and oxygen atoms in total. The molecule has 114 valence electrons. The van der Waals surface area contributed by atoms with Gasteiger partial charge in [0.25, 0.3) is 0 Å². The lowest BCUT2D eigenvalue weighted by Gasteiger charge is -2.26. The van der Waals surface area contributed by atoms with Crippen LogP contribution >= 0.6 is 0 Å². The molecule has 20 heavy (non-hydrogen) atoms. The van der Waals surface area contributed by atoms with Gasteiger partial charge in [0, 0.05) is 19.6 Å². The van der Waals surface area contributed by atoms with Crippen molar-refractivity contribution < 1.29 is 9.26 Å². The van der Waals surface area contributed by atoms with Crippen LogP contribution in [0.1, 0.15) is 64.3 Å². The van der Waals surface area contributed by atoms with E-state index < -0.39 is 0 Å². The van der Waals surface area contributed by atoms with Crippen molar-refractivity contribution in [3.05, 3.63) is 11.7 Å². The molecule has 1 aliphatic rings. The van der Waals surface area contributed by atoms with Crippen molar-refractivity contribution in [3.8, 4) is 0 Å². The van der Waals surface area contributed by atoms with Gasteiger partial charge in [0.15, 0.2) is 0 Å². The van der Waals surface area contributed by atoms with E-state index in [-0.39, 0.29) is 17.6 Å². The largest absolute Gasteiger partial charge is 0.373 e. The average molecular weight is 281 g/mol. The Balaban J connectivity index is 2.01. The van der Waals surface area contributed by atoms with E-state index >= 15 is 0 Å². The van der Waals surface area contributed by atoms with Crippen LogP contribution in [-0.2, 0) is 11.2 Å². The lowest BCUT2D eigenvalue weighted by molar-refractivity contribution is 0.00718. The van der Waals surface area contributed by atoms with E-state index in [4.69, 9.17) is 15.0 Å². The summed E-state index contributed by atoms with van der Waals surface area (Å²) in [4.78, 5) is 4.48. The minimum atomic E-state index is -0.164. The molecule has 1 aromatic heterocycles. The van der Waals surface area contributed by atoms with Crippen molar-refractivity contribution >= 4 is 0 Å². The predicted octanol–water partition coefficient (Wildman–Crippen LogP) is 2.86. The molecule has 2 atom stereocenters. The molecule has 0 aromatic carbocycles. The van der Waals surface area contributed by atoms with Crippen LogP contribution < -0.4 is 5.73 Å². The molecule has 2 unspecified atom stereocenters. The SMILES string of the molecule is COC(c1noc(CC(N)C2CCCC2)n1)C(C)(C)C. The fourth-order valence-corrected chi connectivity index (χ4v) is 3.06. The van der Waals surface area contributed by atoms with Gasteiger partial charge >= 0.3 is 0 Å². The Kier molecular flexibility index (Phi) is 4.81. The van der Waals surface area contributed by atoms with Crippen molar-refractivity contribution in [1.82, 2.24) is 10.1 Å². The highest BCUT2D eigenvalue weighted by atomic mass is 16.5. The Labute approximate surface area is 121 Å². The third-order valence-corrected chi connectivity index (χ3v) is 4.16. The molecule has 1 saturated carbocycles. The second-order valence-corrected chi connectivity index (χ2v) is 6.94. The Bertz CT molecular complexity index is 419. The van der Waals surface area contributed by atoms with Crippen LogP contribution in [0.5, 0.6) is 0 Å². The number of methoxy groups -OCH3 is 1. The first kappa shape index (κ1) is 15.4. The molecule has 1 aromatic rings. The molecular weight excluding hydrogens is 254 g/mol. The van der Waals surface area contributed by atoms with Crippen LogP contribution in [0.4, 0.5) is 0 Å². The summed E-state index contributed by atoms with van der Waals surface area (Å²) < 4.78 is 10.9. The number of rotatable bonds is 5. The van der Waals surface area contributed by atoms with E-state index in [0.29, 0.717) is 24.1 Å². The summed E-state index contributed by atoms with van der Waals surface area (Å²) in [5, 5.41) is 4.07. The monoisotopic (exact) mass is 281 g/mol. The normalized spacial score (nSPS) is 20.2. The van der Waals surface area contributed by atoms with Crippen LogP contribution in [0, 0.1) is 11.3 Å². The van der Waals surface area contributed by atoms with Crippen molar-refractivity contribution in [2.75, 3.05) is 7.11 Å². The summed E-state index contributed by atoms with van der Waals surface area (Å²) >= 11 is 0. The van der Waals surface area contributed by atoms with E-state index in [1.54, 1.807) is 7.11 Å². The maximum atomic E-state index is 6.26. The number of nitrogens with two attached hydrogens (primary N) is 1. The third-order valence-electron chi connectivity index (χ3n) is 4.16. The smallest absolute Gasteiger partial charge is 0.228 e. The molecule has 5 heteroatoms. The fourth-order valence-electron chi connectivity index (χ4n) is 3.06. The number of nitrogens with zero attached hydrogens (tertiary/aromatic N) is 2. The highest BCUT2D eigenvalue weighted by Gasteiger charge is 2.31. The van der Waals surface area contributed by atoms with Gasteiger partial charge in [-0.15, -0.1) is 0 Å². The second-order valence-electron chi connectivity index (χ2n) is 6.94. The van der Waals surface area contributed by atoms with Gasteiger partial charge in [-0.05, 0) is 24.2 Å². The molecule has 1 aliphatic carbocycles. The van der Waals surface area contributed by atoms with Crippen molar-refractivity contribution in [2.45, 2.75) is 65.0 Å². The first-order valence-electron chi connectivity index (χ1n) is 7.52. The maximum absolute atomic E-state index is 6.26. The summed E-state index contributed by atoms with van der Waals surface area (Å²) in [6.45, 7) is 6.30. The van der Waals surface area contributed by atoms with E-state index in [1.807, 2.05) is 0 Å². The lowest BCUT2D eigenvalue weighted by atomic mass is 9.88. The molecule has 1 fully saturated rings. The Hall–Kier alpha value is -0.940. The molecule has 2 rings (SSSR count). The summed E-state index contributed by atoms with van der Waals surface area (Å²) in [7, 11) is 1.68. The minimum absolute atomic E-state index is 0.0660. The molecule has 2 N–H and O–H groups in total. The quantitative estimate of drug-likeness (QED) is 0.898. The Morgan fingerprint density at radius 2 is 2.00 bits per heavy atom. The number of ether oxygens (including phenoxy) is 1. The lowest BCUT2D eigenvalue weighted by Crippen LogP contribution is -2.30. The van der Waals surface area contributed by atoms with Crippen LogP contribution in [-0.4, -0.2) is 23.3 Å². The number of aromatic nitrogens is 2. The zero-order valence-electron chi connectivity index (χ0n) is 13.1. The molecule has 0 aliphatic heterocycles. The summed E-state index contributed by atoms with van der Waals surface area (Å²) in [5.41, 5.74) is 6.19. The van der Waals surface area contributed by atoms with Crippen LogP contribution in [0.2, 0.25) is 0 Å². The van der Waals surface area contributed by atoms with Gasteiger partial charge in [-0.2, -0.15) is 4.98 Å². The van der Waals surface area contributed by atoms with Gasteiger partial charge in [-0.3, -0.25) is 0 Å². The van der Waals surface area contributed by atoms with Crippen LogP contribution in [0.3, 0.4) is 0 Å². The highest BCUT2D eigenvalue weighted by molar-refractivity contribution is 4.98. The Morgan fingerprint density at radius 3 is 2.55 bits per heavy atom. The van der Waals surface area contributed by atoms with Crippen LogP contribution in [0.25, 0.3) is 0 Å². The van der Waals surface area contributed by atoms with E-state index in [2.05, 4.69) is 30.9 Å². The second kappa shape index (κ2) is 6.22. The van der Waals surface area contributed by atoms with Gasteiger partial charge in [0.2, 0.25) is 11.7 Å². The standard InChI is InChI=1S/C15H27N3O2/c1-15(2,3)13(19-4)14-17-12(20-18-14)9-11(16)10-7-5-6-8-10/h10-11,13H,5-9,16H2,1-4H3. The zero-order chi connectivity index (χ0) is 14.8. The highest BCUT2D eigenvalue weighted by Crippen LogP contribution is 2.34. The predicted molar refractivity (Wildman–Crippen MR) is 77.1 cm³/mol. The van der Waals surface area contributed by atoms with Crippen molar-refractivity contribution in [1.29, 1.82) is 0 Å². The van der Waals surface area contributed by atoms with Gasteiger partial charge in [0.1, 0.15) is 6.10 Å². The Morgan fingerprint density at radius 1 is 1.35 bits per heavy atom. The fraction of sp³-hybridized carbons (Fsp3) is 0.867. The number of hydrogen-bond acceptors (Lipinski definition) is 5. The third kappa shape index (κ3) is 3.58. The van der Waals surface area contributed by atoms with Gasteiger partial charge < -0.3 is 15.0 Å². The average Bonchev–Trinajstić information content (AvgIpc) is 2.99. The first-order valence-corrected chi connectivity index (χ1v) is 7.52. The zero-order valence-corrected chi connectivity index (χ0v) is 13.1. The van der Waals surface area contributed by atoms with E-state index in [9.17, 15) is 0 Å². The first-order chi connectivity index (χ1) is 9.41. The molecule has 0 amide bonds. The summed E-state index contributed by atoms with van der Waals surface area (Å²) in [5.74, 6) is 1.85. The van der Waals surface area contributed by atoms with E-state index in [0.717, 1.165) is 0 Å². The molecule has 0 spiro atoms. The van der Waals surface area contributed by atoms with Crippen LogP contribution in [0.15, 0.2) is 4.52 Å². The van der Waals surface area contributed by atoms with Crippen molar-refractivity contribution in [2.24, 2.45) is 17.1 Å². The molecule has 0 bridgehead atoms. The van der Waals surface area contributed by atoms with Gasteiger partial charge in [-0.1, -0.05) is 38.8 Å². The van der Waals surface area contributed by atoms with Crippen molar-refractivity contribution in [3.63, 3.8) is 0 Å². The van der Waals surface area contributed by atoms with Gasteiger partial charge in [-0.25, -0.2) is 0 Å². The molecule has 0 saturated heterocycles. The molecular formula is C15H27N3O2.